The van der Waals surface area contributed by atoms with E-state index in [0.717, 1.165) is 12.2 Å². The van der Waals surface area contributed by atoms with E-state index in [1.165, 1.54) is 5.57 Å². The van der Waals surface area contributed by atoms with Crippen molar-refractivity contribution in [2.75, 3.05) is 6.61 Å². The Balaban J connectivity index is 0. The summed E-state index contributed by atoms with van der Waals surface area (Å²) < 4.78 is 5.52. The molecular weight excluding hydrogens is 196 g/mol. The Labute approximate surface area is 101 Å². The molecule has 0 atom stereocenters. The molecule has 0 spiro atoms. The van der Waals surface area contributed by atoms with Gasteiger partial charge >= 0.3 is 0 Å². The standard InChI is InChI=1S/C13H20O.C2H6/c1-5-9-11-12(7-3)13(10-6-2)14-8-4;1-2/h5-6,9-11H,2,7-8H2,1,3-4H3;1-2H3/b9-5-,12-11-,13-10+;. The van der Waals surface area contributed by atoms with Crippen molar-refractivity contribution in [1.29, 1.82) is 0 Å². The number of ether oxygens (including phenoxy) is 1. The van der Waals surface area contributed by atoms with Crippen molar-refractivity contribution in [3.05, 3.63) is 48.3 Å². The van der Waals surface area contributed by atoms with Crippen LogP contribution in [0.2, 0.25) is 0 Å². The quantitative estimate of drug-likeness (QED) is 0.452. The van der Waals surface area contributed by atoms with E-state index in [0.29, 0.717) is 6.61 Å². The summed E-state index contributed by atoms with van der Waals surface area (Å²) in [6, 6.07) is 0. The maximum atomic E-state index is 5.52. The van der Waals surface area contributed by atoms with Crippen LogP contribution in [0.15, 0.2) is 48.3 Å². The molecule has 0 aliphatic heterocycles. The Morgan fingerprint density at radius 2 is 1.81 bits per heavy atom. The first kappa shape index (κ1) is 17.2. The zero-order chi connectivity index (χ0) is 12.8. The number of allylic oxidation sites excluding steroid dienone is 6. The summed E-state index contributed by atoms with van der Waals surface area (Å²) in [6.45, 7) is 14.5. The van der Waals surface area contributed by atoms with Crippen molar-refractivity contribution in [3.8, 4) is 0 Å². The summed E-state index contributed by atoms with van der Waals surface area (Å²) in [6.07, 6.45) is 10.7. The van der Waals surface area contributed by atoms with Gasteiger partial charge < -0.3 is 4.74 Å². The fraction of sp³-hybridized carbons (Fsp3) is 0.467. The van der Waals surface area contributed by atoms with Gasteiger partial charge in [-0.15, -0.1) is 0 Å². The maximum Gasteiger partial charge on any atom is 0.122 e. The van der Waals surface area contributed by atoms with Crippen LogP contribution in [0, 0.1) is 0 Å². The predicted octanol–water partition coefficient (Wildman–Crippen LogP) is 5.03. The molecular formula is C15H26O. The fourth-order valence-corrected chi connectivity index (χ4v) is 1.10. The van der Waals surface area contributed by atoms with Crippen molar-refractivity contribution in [2.24, 2.45) is 0 Å². The summed E-state index contributed by atoms with van der Waals surface area (Å²) in [4.78, 5) is 0. The maximum absolute atomic E-state index is 5.52. The van der Waals surface area contributed by atoms with Crippen LogP contribution in [-0.2, 0) is 4.74 Å². The van der Waals surface area contributed by atoms with Crippen LogP contribution in [0.25, 0.3) is 0 Å². The third-order valence-corrected chi connectivity index (χ3v) is 1.76. The van der Waals surface area contributed by atoms with Crippen molar-refractivity contribution < 1.29 is 4.74 Å². The molecule has 0 N–H and O–H groups in total. The summed E-state index contributed by atoms with van der Waals surface area (Å²) in [5.74, 6) is 0.920. The monoisotopic (exact) mass is 222 g/mol. The molecule has 0 amide bonds. The minimum atomic E-state index is 0.687. The van der Waals surface area contributed by atoms with Gasteiger partial charge in [-0.1, -0.05) is 51.7 Å². The lowest BCUT2D eigenvalue weighted by atomic mass is 10.1. The van der Waals surface area contributed by atoms with Crippen molar-refractivity contribution >= 4 is 0 Å². The first-order chi connectivity index (χ1) is 7.79. The Morgan fingerprint density at radius 1 is 1.19 bits per heavy atom. The van der Waals surface area contributed by atoms with Gasteiger partial charge in [0.15, 0.2) is 0 Å². The van der Waals surface area contributed by atoms with E-state index in [1.54, 1.807) is 6.08 Å². The molecule has 1 nitrogen and oxygen atoms in total. The van der Waals surface area contributed by atoms with Gasteiger partial charge in [0.25, 0.3) is 0 Å². The van der Waals surface area contributed by atoms with Gasteiger partial charge in [-0.3, -0.25) is 0 Å². The van der Waals surface area contributed by atoms with E-state index in [9.17, 15) is 0 Å². The smallest absolute Gasteiger partial charge is 0.122 e. The molecule has 0 aromatic heterocycles. The average Bonchev–Trinajstić information content (AvgIpc) is 2.33. The normalized spacial score (nSPS) is 12.1. The Hall–Kier alpha value is -1.24. The summed E-state index contributed by atoms with van der Waals surface area (Å²) in [5, 5.41) is 0. The highest BCUT2D eigenvalue weighted by Crippen LogP contribution is 2.15. The van der Waals surface area contributed by atoms with E-state index in [1.807, 2.05) is 45.9 Å². The van der Waals surface area contributed by atoms with Crippen LogP contribution in [0.5, 0.6) is 0 Å². The van der Waals surface area contributed by atoms with Gasteiger partial charge in [0.05, 0.1) is 6.61 Å². The van der Waals surface area contributed by atoms with Gasteiger partial charge in [-0.25, -0.2) is 0 Å². The molecule has 0 aromatic carbocycles. The fourth-order valence-electron chi connectivity index (χ4n) is 1.10. The van der Waals surface area contributed by atoms with Crippen molar-refractivity contribution in [3.63, 3.8) is 0 Å². The number of rotatable bonds is 6. The van der Waals surface area contributed by atoms with E-state index < -0.39 is 0 Å². The van der Waals surface area contributed by atoms with Gasteiger partial charge in [-0.2, -0.15) is 0 Å². The molecule has 0 saturated carbocycles. The molecule has 0 unspecified atom stereocenters. The molecule has 0 aromatic rings. The van der Waals surface area contributed by atoms with E-state index >= 15 is 0 Å². The van der Waals surface area contributed by atoms with Crippen LogP contribution >= 0.6 is 0 Å². The predicted molar refractivity (Wildman–Crippen MR) is 74.4 cm³/mol. The minimum Gasteiger partial charge on any atom is -0.494 e. The molecule has 0 heterocycles. The Kier molecular flexibility index (Phi) is 14.8. The highest BCUT2D eigenvalue weighted by Gasteiger charge is 2.01. The first-order valence-corrected chi connectivity index (χ1v) is 6.07. The zero-order valence-electron chi connectivity index (χ0n) is 11.4. The summed E-state index contributed by atoms with van der Waals surface area (Å²) >= 11 is 0. The molecule has 0 aliphatic rings. The molecule has 0 fully saturated rings. The van der Waals surface area contributed by atoms with E-state index in [2.05, 4.69) is 19.6 Å². The molecule has 0 saturated heterocycles. The van der Waals surface area contributed by atoms with Crippen LogP contribution in [0.1, 0.15) is 41.0 Å². The van der Waals surface area contributed by atoms with Crippen LogP contribution < -0.4 is 0 Å². The molecule has 16 heavy (non-hydrogen) atoms. The van der Waals surface area contributed by atoms with Crippen LogP contribution in [0.3, 0.4) is 0 Å². The lowest BCUT2D eigenvalue weighted by molar-refractivity contribution is 0.236. The van der Waals surface area contributed by atoms with E-state index in [-0.39, 0.29) is 0 Å². The van der Waals surface area contributed by atoms with Gasteiger partial charge in [0, 0.05) is 0 Å². The third-order valence-electron chi connectivity index (χ3n) is 1.76. The van der Waals surface area contributed by atoms with Gasteiger partial charge in [0.1, 0.15) is 5.76 Å². The van der Waals surface area contributed by atoms with Gasteiger partial charge in [0.2, 0.25) is 0 Å². The molecule has 0 rings (SSSR count). The Morgan fingerprint density at radius 3 is 2.19 bits per heavy atom. The largest absolute Gasteiger partial charge is 0.494 e. The molecule has 0 aliphatic carbocycles. The molecule has 1 heteroatoms. The molecule has 0 radical (unpaired) electrons. The number of hydrogen-bond acceptors (Lipinski definition) is 1. The topological polar surface area (TPSA) is 9.23 Å². The van der Waals surface area contributed by atoms with E-state index in [4.69, 9.17) is 4.74 Å². The molecule has 0 bridgehead atoms. The number of hydrogen-bond donors (Lipinski definition) is 0. The van der Waals surface area contributed by atoms with Crippen LogP contribution in [-0.4, -0.2) is 6.61 Å². The highest BCUT2D eigenvalue weighted by atomic mass is 16.5. The van der Waals surface area contributed by atoms with Gasteiger partial charge in [-0.05, 0) is 31.9 Å². The van der Waals surface area contributed by atoms with Crippen molar-refractivity contribution in [1.82, 2.24) is 0 Å². The minimum absolute atomic E-state index is 0.687. The SMILES string of the molecule is C=C\C=C(OCC)/C(=C\C=C/C)CC.CC. The lowest BCUT2D eigenvalue weighted by Crippen LogP contribution is -1.95. The third kappa shape index (κ3) is 8.10. The highest BCUT2D eigenvalue weighted by molar-refractivity contribution is 5.31. The lowest BCUT2D eigenvalue weighted by Gasteiger charge is -2.09. The summed E-state index contributed by atoms with van der Waals surface area (Å²) in [7, 11) is 0. The summed E-state index contributed by atoms with van der Waals surface area (Å²) in [5.41, 5.74) is 1.20. The average molecular weight is 222 g/mol. The van der Waals surface area contributed by atoms with Crippen molar-refractivity contribution in [2.45, 2.75) is 41.0 Å². The molecule has 92 valence electrons. The second-order valence-corrected chi connectivity index (χ2v) is 2.77. The second-order valence-electron chi connectivity index (χ2n) is 2.77. The first-order valence-electron chi connectivity index (χ1n) is 6.07. The zero-order valence-corrected chi connectivity index (χ0v) is 11.4. The van der Waals surface area contributed by atoms with Crippen LogP contribution in [0.4, 0.5) is 0 Å². The second kappa shape index (κ2) is 13.8. The Bertz CT molecular complexity index is 244.